The van der Waals surface area contributed by atoms with E-state index in [-0.39, 0.29) is 6.61 Å². The summed E-state index contributed by atoms with van der Waals surface area (Å²) in [5.74, 6) is -0.437. The molecule has 1 rings (SSSR count). The minimum atomic E-state index is -3.98. The predicted octanol–water partition coefficient (Wildman–Crippen LogP) is -0.875. The third-order valence-corrected chi connectivity index (χ3v) is 2.60. The molecule has 0 aromatic heterocycles. The molecular formula is C6H11NO5S. The average molecular weight is 209 g/mol. The van der Waals surface area contributed by atoms with Gasteiger partial charge in [0, 0.05) is 14.1 Å². The highest BCUT2D eigenvalue weighted by Gasteiger charge is 2.47. The smallest absolute Gasteiger partial charge is 0.346 e. The highest BCUT2D eigenvalue weighted by Crippen LogP contribution is 2.25. The Hall–Kier alpha value is -0.660. The number of hydrogen-bond donors (Lipinski definition) is 0. The van der Waals surface area contributed by atoms with Crippen LogP contribution in [-0.2, 0) is 23.6 Å². The van der Waals surface area contributed by atoms with Crippen LogP contribution >= 0.6 is 0 Å². The molecule has 0 aliphatic carbocycles. The summed E-state index contributed by atoms with van der Waals surface area (Å²) in [6, 6.07) is 0. The van der Waals surface area contributed by atoms with Crippen molar-refractivity contribution < 1.29 is 21.6 Å². The van der Waals surface area contributed by atoms with Crippen molar-refractivity contribution in [2.75, 3.05) is 20.7 Å². The molecule has 7 heteroatoms. The van der Waals surface area contributed by atoms with Crippen molar-refractivity contribution in [1.29, 1.82) is 0 Å². The lowest BCUT2D eigenvalue weighted by atomic mass is 10.1. The van der Waals surface area contributed by atoms with E-state index in [0.717, 1.165) is 0 Å². The van der Waals surface area contributed by atoms with Gasteiger partial charge in [0.25, 0.3) is 5.91 Å². The van der Waals surface area contributed by atoms with E-state index in [0.29, 0.717) is 0 Å². The van der Waals surface area contributed by atoms with Gasteiger partial charge in [0.05, 0.1) is 0 Å². The van der Waals surface area contributed by atoms with E-state index >= 15 is 0 Å². The van der Waals surface area contributed by atoms with Crippen LogP contribution in [0.4, 0.5) is 0 Å². The maximum Gasteiger partial charge on any atom is 0.401 e. The summed E-state index contributed by atoms with van der Waals surface area (Å²) >= 11 is 0. The molecule has 0 aromatic carbocycles. The van der Waals surface area contributed by atoms with E-state index in [1.165, 1.54) is 25.9 Å². The van der Waals surface area contributed by atoms with Gasteiger partial charge < -0.3 is 4.90 Å². The molecule has 1 atom stereocenters. The van der Waals surface area contributed by atoms with Crippen LogP contribution in [-0.4, -0.2) is 45.5 Å². The molecule has 0 saturated carbocycles. The molecule has 0 unspecified atom stereocenters. The van der Waals surface area contributed by atoms with Crippen LogP contribution in [0.25, 0.3) is 0 Å². The SMILES string of the molecule is CN(C)C(=O)[C@]1(C)COS(=O)(=O)O1. The van der Waals surface area contributed by atoms with Gasteiger partial charge in [-0.05, 0) is 6.92 Å². The van der Waals surface area contributed by atoms with E-state index in [4.69, 9.17) is 0 Å². The molecule has 1 heterocycles. The fourth-order valence-corrected chi connectivity index (χ4v) is 2.02. The largest absolute Gasteiger partial charge is 0.401 e. The molecule has 1 aliphatic rings. The van der Waals surface area contributed by atoms with Gasteiger partial charge >= 0.3 is 10.4 Å². The summed E-state index contributed by atoms with van der Waals surface area (Å²) in [6.45, 7) is 1.10. The fraction of sp³-hybridized carbons (Fsp3) is 0.833. The molecule has 1 amide bonds. The third kappa shape index (κ3) is 1.98. The van der Waals surface area contributed by atoms with Gasteiger partial charge in [-0.25, -0.2) is 8.37 Å². The van der Waals surface area contributed by atoms with Crippen LogP contribution in [0.1, 0.15) is 6.92 Å². The van der Waals surface area contributed by atoms with Gasteiger partial charge in [-0.1, -0.05) is 0 Å². The molecule has 6 nitrogen and oxygen atoms in total. The van der Waals surface area contributed by atoms with Crippen LogP contribution in [0.15, 0.2) is 0 Å². The van der Waals surface area contributed by atoms with Crippen molar-refractivity contribution in [2.24, 2.45) is 0 Å². The second kappa shape index (κ2) is 2.93. The van der Waals surface area contributed by atoms with Crippen LogP contribution in [0.2, 0.25) is 0 Å². The van der Waals surface area contributed by atoms with Gasteiger partial charge in [0.1, 0.15) is 6.61 Å². The summed E-state index contributed by atoms with van der Waals surface area (Å²) in [6.07, 6.45) is 0. The highest BCUT2D eigenvalue weighted by atomic mass is 32.3. The molecule has 0 bridgehead atoms. The molecule has 76 valence electrons. The maximum absolute atomic E-state index is 11.4. The topological polar surface area (TPSA) is 72.9 Å². The zero-order valence-electron chi connectivity index (χ0n) is 7.60. The number of carbonyl (C=O) groups excluding carboxylic acids is 1. The fourth-order valence-electron chi connectivity index (χ4n) is 1.03. The van der Waals surface area contributed by atoms with E-state index in [2.05, 4.69) is 8.37 Å². The highest BCUT2D eigenvalue weighted by molar-refractivity contribution is 7.82. The Balaban J connectivity index is 2.87. The number of amides is 1. The van der Waals surface area contributed by atoms with Crippen molar-refractivity contribution in [3.8, 4) is 0 Å². The first-order valence-corrected chi connectivity index (χ1v) is 4.92. The van der Waals surface area contributed by atoms with Gasteiger partial charge in [-0.15, -0.1) is 0 Å². The molecule has 13 heavy (non-hydrogen) atoms. The Morgan fingerprint density at radius 1 is 1.46 bits per heavy atom. The zero-order chi connectivity index (χ0) is 10.3. The van der Waals surface area contributed by atoms with Crippen LogP contribution in [0.5, 0.6) is 0 Å². The molecule has 0 N–H and O–H groups in total. The lowest BCUT2D eigenvalue weighted by Crippen LogP contribution is -2.45. The molecule has 1 saturated heterocycles. The van der Waals surface area contributed by atoms with Crippen molar-refractivity contribution in [2.45, 2.75) is 12.5 Å². The number of nitrogens with zero attached hydrogens (tertiary/aromatic N) is 1. The minimum Gasteiger partial charge on any atom is -0.346 e. The van der Waals surface area contributed by atoms with Crippen molar-refractivity contribution in [3.05, 3.63) is 0 Å². The predicted molar refractivity (Wildman–Crippen MR) is 43.1 cm³/mol. The van der Waals surface area contributed by atoms with Gasteiger partial charge in [-0.2, -0.15) is 8.42 Å². The average Bonchev–Trinajstić information content (AvgIpc) is 2.25. The summed E-state index contributed by atoms with van der Waals surface area (Å²) in [5, 5.41) is 0. The summed E-state index contributed by atoms with van der Waals surface area (Å²) in [4.78, 5) is 12.7. The zero-order valence-corrected chi connectivity index (χ0v) is 8.42. The molecule has 1 fully saturated rings. The quantitative estimate of drug-likeness (QED) is 0.561. The van der Waals surface area contributed by atoms with E-state index < -0.39 is 21.9 Å². The normalized spacial score (nSPS) is 31.6. The minimum absolute atomic E-state index is 0.271. The Bertz CT molecular complexity index is 322. The summed E-state index contributed by atoms with van der Waals surface area (Å²) in [5.41, 5.74) is -1.41. The standard InChI is InChI=1S/C6H11NO5S/c1-6(5(8)7(2)3)4-11-13(9,10)12-6/h4H2,1-3H3/t6-/m0/s1. The van der Waals surface area contributed by atoms with Crippen LogP contribution in [0.3, 0.4) is 0 Å². The molecule has 0 spiro atoms. The van der Waals surface area contributed by atoms with Crippen molar-refractivity contribution in [3.63, 3.8) is 0 Å². The third-order valence-electron chi connectivity index (χ3n) is 1.62. The summed E-state index contributed by atoms with van der Waals surface area (Å²) < 4.78 is 30.4. The van der Waals surface area contributed by atoms with Gasteiger partial charge in [-0.3, -0.25) is 4.79 Å². The number of rotatable bonds is 1. The molecular weight excluding hydrogens is 198 g/mol. The Morgan fingerprint density at radius 3 is 2.31 bits per heavy atom. The number of carbonyl (C=O) groups is 1. The second-order valence-electron chi connectivity index (χ2n) is 3.18. The van der Waals surface area contributed by atoms with Crippen LogP contribution < -0.4 is 0 Å². The Kier molecular flexibility index (Phi) is 2.35. The van der Waals surface area contributed by atoms with Crippen LogP contribution in [0, 0.1) is 0 Å². The lowest BCUT2D eigenvalue weighted by molar-refractivity contribution is -0.142. The van der Waals surface area contributed by atoms with Gasteiger partial charge in [0.15, 0.2) is 5.60 Å². The lowest BCUT2D eigenvalue weighted by Gasteiger charge is -2.21. The first-order chi connectivity index (χ1) is 5.77. The molecule has 0 radical (unpaired) electrons. The van der Waals surface area contributed by atoms with Crippen molar-refractivity contribution in [1.82, 2.24) is 4.90 Å². The maximum atomic E-state index is 11.4. The molecule has 1 aliphatic heterocycles. The second-order valence-corrected chi connectivity index (χ2v) is 4.40. The number of hydrogen-bond acceptors (Lipinski definition) is 5. The van der Waals surface area contributed by atoms with Crippen molar-refractivity contribution >= 4 is 16.3 Å². The van der Waals surface area contributed by atoms with Gasteiger partial charge in [0.2, 0.25) is 0 Å². The number of likely N-dealkylation sites (N-methyl/N-ethyl adjacent to an activating group) is 1. The first-order valence-electron chi connectivity index (χ1n) is 3.59. The molecule has 0 aromatic rings. The Morgan fingerprint density at radius 2 is 2.00 bits per heavy atom. The van der Waals surface area contributed by atoms with E-state index in [9.17, 15) is 13.2 Å². The first kappa shape index (κ1) is 10.4. The monoisotopic (exact) mass is 209 g/mol. The summed E-state index contributed by atoms with van der Waals surface area (Å²) in [7, 11) is -0.948. The Labute approximate surface area is 76.7 Å². The van der Waals surface area contributed by atoms with E-state index in [1.54, 1.807) is 0 Å². The van der Waals surface area contributed by atoms with E-state index in [1.807, 2.05) is 0 Å².